The highest BCUT2D eigenvalue weighted by Gasteiger charge is 2.36. The van der Waals surface area contributed by atoms with Gasteiger partial charge in [-0.15, -0.1) is 0 Å². The van der Waals surface area contributed by atoms with Gasteiger partial charge in [0.25, 0.3) is 5.91 Å². The molecule has 0 aliphatic carbocycles. The van der Waals surface area contributed by atoms with Crippen LogP contribution in [0.15, 0.2) is 18.3 Å². The molecule has 0 radical (unpaired) electrons. The molecule has 0 aromatic carbocycles. The van der Waals surface area contributed by atoms with Crippen LogP contribution in [-0.4, -0.2) is 59.0 Å². The van der Waals surface area contributed by atoms with Crippen LogP contribution in [0.1, 0.15) is 49.9 Å². The van der Waals surface area contributed by atoms with Gasteiger partial charge >= 0.3 is 0 Å². The Bertz CT molecular complexity index is 536. The van der Waals surface area contributed by atoms with Gasteiger partial charge in [0.2, 0.25) is 5.88 Å². The molecular formula is C18H27N3O2. The van der Waals surface area contributed by atoms with Crippen molar-refractivity contribution < 1.29 is 9.53 Å². The Morgan fingerprint density at radius 2 is 1.96 bits per heavy atom. The number of pyridine rings is 1. The van der Waals surface area contributed by atoms with Gasteiger partial charge in [-0.2, -0.15) is 0 Å². The summed E-state index contributed by atoms with van der Waals surface area (Å²) < 4.78 is 5.06. The molecule has 5 heteroatoms. The third-order valence-electron chi connectivity index (χ3n) is 5.32. The van der Waals surface area contributed by atoms with Gasteiger partial charge in [-0.25, -0.2) is 4.98 Å². The number of likely N-dealkylation sites (tertiary alicyclic amines) is 2. The fourth-order valence-corrected chi connectivity index (χ4v) is 4.13. The van der Waals surface area contributed by atoms with E-state index in [2.05, 4.69) is 23.7 Å². The highest BCUT2D eigenvalue weighted by Crippen LogP contribution is 2.30. The van der Waals surface area contributed by atoms with E-state index in [9.17, 15) is 4.79 Å². The van der Waals surface area contributed by atoms with Gasteiger partial charge in [0.15, 0.2) is 0 Å². The van der Waals surface area contributed by atoms with E-state index in [1.54, 1.807) is 25.4 Å². The van der Waals surface area contributed by atoms with Crippen LogP contribution in [0.2, 0.25) is 0 Å². The molecule has 2 aliphatic rings. The summed E-state index contributed by atoms with van der Waals surface area (Å²) in [5.74, 6) is 0.627. The van der Waals surface area contributed by atoms with Crippen LogP contribution in [-0.2, 0) is 0 Å². The molecule has 2 fully saturated rings. The minimum atomic E-state index is 0.0874. The zero-order valence-corrected chi connectivity index (χ0v) is 14.4. The number of carbonyl (C=O) groups excluding carboxylic acids is 1. The van der Waals surface area contributed by atoms with Crippen LogP contribution in [0.5, 0.6) is 5.88 Å². The van der Waals surface area contributed by atoms with E-state index in [1.807, 2.05) is 4.90 Å². The number of ether oxygens (including phenoxy) is 1. The molecule has 1 aromatic rings. The van der Waals surface area contributed by atoms with Gasteiger partial charge < -0.3 is 9.64 Å². The Hall–Kier alpha value is -1.62. The zero-order valence-electron chi connectivity index (χ0n) is 14.4. The fraction of sp³-hybridized carbons (Fsp3) is 0.667. The molecule has 3 rings (SSSR count). The average molecular weight is 317 g/mol. The van der Waals surface area contributed by atoms with E-state index in [4.69, 9.17) is 4.74 Å². The van der Waals surface area contributed by atoms with Crippen molar-refractivity contribution in [3.63, 3.8) is 0 Å². The first kappa shape index (κ1) is 16.2. The predicted molar refractivity (Wildman–Crippen MR) is 89.7 cm³/mol. The Morgan fingerprint density at radius 3 is 2.57 bits per heavy atom. The lowest BCUT2D eigenvalue weighted by molar-refractivity contribution is 0.0486. The van der Waals surface area contributed by atoms with Gasteiger partial charge in [-0.3, -0.25) is 9.69 Å². The number of hydrogen-bond acceptors (Lipinski definition) is 4. The molecular weight excluding hydrogens is 290 g/mol. The van der Waals surface area contributed by atoms with Crippen molar-refractivity contribution in [3.05, 3.63) is 23.9 Å². The Morgan fingerprint density at radius 1 is 1.22 bits per heavy atom. The van der Waals surface area contributed by atoms with Crippen molar-refractivity contribution in [2.75, 3.05) is 20.2 Å². The lowest BCUT2D eigenvalue weighted by Crippen LogP contribution is -2.52. The van der Waals surface area contributed by atoms with Crippen molar-refractivity contribution in [1.29, 1.82) is 0 Å². The standard InChI is InChI=1S/C18H27N3O2/c1-13-6-7-14(2)21(13)16-5-4-10-20(12-16)18(22)15-8-9-17(23-3)19-11-15/h8-9,11,13-14,16H,4-7,10,12H2,1-3H3/t13-,14-,16-/m0/s1. The monoisotopic (exact) mass is 317 g/mol. The van der Waals surface area contributed by atoms with Gasteiger partial charge in [0.1, 0.15) is 0 Å². The maximum atomic E-state index is 12.7. The summed E-state index contributed by atoms with van der Waals surface area (Å²) in [6, 6.07) is 5.31. The molecule has 1 amide bonds. The highest BCUT2D eigenvalue weighted by atomic mass is 16.5. The lowest BCUT2D eigenvalue weighted by Gasteiger charge is -2.41. The summed E-state index contributed by atoms with van der Waals surface area (Å²) in [7, 11) is 1.58. The highest BCUT2D eigenvalue weighted by molar-refractivity contribution is 5.94. The van der Waals surface area contributed by atoms with E-state index < -0.39 is 0 Å². The van der Waals surface area contributed by atoms with Gasteiger partial charge in [0.05, 0.1) is 12.7 Å². The van der Waals surface area contributed by atoms with Crippen molar-refractivity contribution in [2.45, 2.75) is 57.7 Å². The van der Waals surface area contributed by atoms with E-state index in [0.29, 0.717) is 29.6 Å². The van der Waals surface area contributed by atoms with Crippen LogP contribution in [0.25, 0.3) is 0 Å². The van der Waals surface area contributed by atoms with E-state index in [1.165, 1.54) is 19.3 Å². The van der Waals surface area contributed by atoms with Crippen LogP contribution in [0.3, 0.4) is 0 Å². The van der Waals surface area contributed by atoms with E-state index >= 15 is 0 Å². The molecule has 3 heterocycles. The van der Waals surface area contributed by atoms with Crippen LogP contribution in [0.4, 0.5) is 0 Å². The molecule has 5 nitrogen and oxygen atoms in total. The second-order valence-electron chi connectivity index (χ2n) is 6.86. The van der Waals surface area contributed by atoms with Crippen LogP contribution < -0.4 is 4.74 Å². The second kappa shape index (κ2) is 6.87. The number of methoxy groups -OCH3 is 1. The smallest absolute Gasteiger partial charge is 0.255 e. The second-order valence-corrected chi connectivity index (χ2v) is 6.86. The maximum absolute atomic E-state index is 12.7. The summed E-state index contributed by atoms with van der Waals surface area (Å²) in [5.41, 5.74) is 0.647. The molecule has 3 atom stereocenters. The lowest BCUT2D eigenvalue weighted by atomic mass is 10.0. The first-order chi connectivity index (χ1) is 11.1. The Balaban J connectivity index is 1.68. The fourth-order valence-electron chi connectivity index (χ4n) is 4.13. The molecule has 2 saturated heterocycles. The quantitative estimate of drug-likeness (QED) is 0.859. The number of aromatic nitrogens is 1. The Labute approximate surface area is 138 Å². The van der Waals surface area contributed by atoms with Gasteiger partial charge in [-0.1, -0.05) is 0 Å². The summed E-state index contributed by atoms with van der Waals surface area (Å²) in [4.78, 5) is 21.5. The molecule has 0 saturated carbocycles. The zero-order chi connectivity index (χ0) is 16.4. The first-order valence-electron chi connectivity index (χ1n) is 8.67. The SMILES string of the molecule is COc1ccc(C(=O)N2CCC[C@H](N3[C@@H](C)CC[C@@H]3C)C2)cn1. The molecule has 2 aliphatic heterocycles. The number of amides is 1. The topological polar surface area (TPSA) is 45.7 Å². The number of hydrogen-bond donors (Lipinski definition) is 0. The van der Waals surface area contributed by atoms with Crippen molar-refractivity contribution in [1.82, 2.24) is 14.8 Å². The van der Waals surface area contributed by atoms with Crippen molar-refractivity contribution in [2.24, 2.45) is 0 Å². The summed E-state index contributed by atoms with van der Waals surface area (Å²) in [5, 5.41) is 0. The molecule has 0 N–H and O–H groups in total. The third kappa shape index (κ3) is 3.34. The normalized spacial score (nSPS) is 28.8. The van der Waals surface area contributed by atoms with E-state index in [0.717, 1.165) is 19.5 Å². The summed E-state index contributed by atoms with van der Waals surface area (Å²) >= 11 is 0. The van der Waals surface area contributed by atoms with Gasteiger partial charge in [0, 0.05) is 43.5 Å². The number of nitrogens with zero attached hydrogens (tertiary/aromatic N) is 3. The van der Waals surface area contributed by atoms with Crippen LogP contribution >= 0.6 is 0 Å². The largest absolute Gasteiger partial charge is 0.481 e. The predicted octanol–water partition coefficient (Wildman–Crippen LogP) is 2.57. The third-order valence-corrected chi connectivity index (χ3v) is 5.32. The summed E-state index contributed by atoms with van der Waals surface area (Å²) in [6.07, 6.45) is 6.43. The van der Waals surface area contributed by atoms with Gasteiger partial charge in [-0.05, 0) is 45.6 Å². The van der Waals surface area contributed by atoms with Crippen molar-refractivity contribution >= 4 is 5.91 Å². The van der Waals surface area contributed by atoms with Crippen LogP contribution in [0, 0.1) is 0 Å². The minimum Gasteiger partial charge on any atom is -0.481 e. The summed E-state index contributed by atoms with van der Waals surface area (Å²) in [6.45, 7) is 6.31. The molecule has 0 bridgehead atoms. The first-order valence-corrected chi connectivity index (χ1v) is 8.67. The van der Waals surface area contributed by atoms with Crippen molar-refractivity contribution in [3.8, 4) is 5.88 Å². The number of carbonyl (C=O) groups is 1. The molecule has 1 aromatic heterocycles. The van der Waals surface area contributed by atoms with E-state index in [-0.39, 0.29) is 5.91 Å². The minimum absolute atomic E-state index is 0.0874. The maximum Gasteiger partial charge on any atom is 0.255 e. The molecule has 0 unspecified atom stereocenters. The number of rotatable bonds is 3. The molecule has 0 spiro atoms. The molecule has 23 heavy (non-hydrogen) atoms. The average Bonchev–Trinajstić information content (AvgIpc) is 2.93. The Kier molecular flexibility index (Phi) is 4.85. The molecule has 126 valence electrons. The number of piperidine rings is 1.